The number of likely N-dealkylation sites (tertiary alicyclic amines) is 1. The Morgan fingerprint density at radius 2 is 2.35 bits per heavy atom. The molecule has 2 heterocycles. The molecule has 112 valence electrons. The van der Waals surface area contributed by atoms with Crippen molar-refractivity contribution in [3.8, 4) is 0 Å². The van der Waals surface area contributed by atoms with Crippen LogP contribution in [0.15, 0.2) is 11.4 Å². The second-order valence-corrected chi connectivity index (χ2v) is 8.98. The van der Waals surface area contributed by atoms with Crippen molar-refractivity contribution < 1.29 is 13.2 Å². The first-order valence-corrected chi connectivity index (χ1v) is 9.66. The summed E-state index contributed by atoms with van der Waals surface area (Å²) in [6, 6.07) is 1.87. The van der Waals surface area contributed by atoms with Gasteiger partial charge in [-0.05, 0) is 47.4 Å². The number of halogens is 1. The van der Waals surface area contributed by atoms with E-state index in [1.165, 1.54) is 0 Å². The van der Waals surface area contributed by atoms with Gasteiger partial charge in [-0.25, -0.2) is 9.86 Å². The summed E-state index contributed by atoms with van der Waals surface area (Å²) in [5.74, 6) is 0.133. The number of hydrogen-bond donors (Lipinski definition) is 2. The Balaban J connectivity index is 1.94. The SMILES string of the molecule is NS(=O)(=O)NCC1CCCN(C(=O)c2csc(I)c2)C1. The van der Waals surface area contributed by atoms with E-state index in [0.29, 0.717) is 12.1 Å². The van der Waals surface area contributed by atoms with Crippen molar-refractivity contribution in [2.45, 2.75) is 12.8 Å². The average molecular weight is 429 g/mol. The highest BCUT2D eigenvalue weighted by molar-refractivity contribution is 14.1. The summed E-state index contributed by atoms with van der Waals surface area (Å²) < 4.78 is 25.2. The number of amides is 1. The molecule has 2 rings (SSSR count). The second-order valence-electron chi connectivity index (χ2n) is 4.79. The standard InChI is InChI=1S/C11H16IN3O3S2/c12-10-4-9(7-19-10)11(16)15-3-1-2-8(6-15)5-14-20(13,17)18/h4,7-8,14H,1-3,5-6H2,(H2,13,17,18). The first-order chi connectivity index (χ1) is 9.35. The number of rotatable bonds is 4. The van der Waals surface area contributed by atoms with Gasteiger partial charge in [0.1, 0.15) is 0 Å². The summed E-state index contributed by atoms with van der Waals surface area (Å²) in [5.41, 5.74) is 0.708. The number of nitrogens with one attached hydrogen (secondary N) is 1. The van der Waals surface area contributed by atoms with E-state index in [1.54, 1.807) is 16.2 Å². The van der Waals surface area contributed by atoms with Crippen LogP contribution in [0.4, 0.5) is 0 Å². The van der Waals surface area contributed by atoms with Crippen LogP contribution in [0.2, 0.25) is 0 Å². The minimum Gasteiger partial charge on any atom is -0.338 e. The lowest BCUT2D eigenvalue weighted by Crippen LogP contribution is -2.44. The van der Waals surface area contributed by atoms with Crippen LogP contribution in [0.5, 0.6) is 0 Å². The molecule has 0 bridgehead atoms. The van der Waals surface area contributed by atoms with Gasteiger partial charge in [0.2, 0.25) is 0 Å². The predicted molar refractivity (Wildman–Crippen MR) is 86.8 cm³/mol. The maximum absolute atomic E-state index is 12.3. The molecule has 1 atom stereocenters. The van der Waals surface area contributed by atoms with Gasteiger partial charge in [0, 0.05) is 25.0 Å². The molecule has 20 heavy (non-hydrogen) atoms. The molecule has 1 aliphatic heterocycles. The summed E-state index contributed by atoms with van der Waals surface area (Å²) in [6.07, 6.45) is 1.78. The van der Waals surface area contributed by atoms with Gasteiger partial charge in [0.05, 0.1) is 8.45 Å². The lowest BCUT2D eigenvalue weighted by Gasteiger charge is -2.32. The van der Waals surface area contributed by atoms with Gasteiger partial charge < -0.3 is 4.90 Å². The summed E-state index contributed by atoms with van der Waals surface area (Å²) in [4.78, 5) is 14.1. The zero-order chi connectivity index (χ0) is 14.8. The van der Waals surface area contributed by atoms with E-state index < -0.39 is 10.2 Å². The van der Waals surface area contributed by atoms with Crippen molar-refractivity contribution in [2.75, 3.05) is 19.6 Å². The topological polar surface area (TPSA) is 92.5 Å². The summed E-state index contributed by atoms with van der Waals surface area (Å²) in [5, 5.41) is 6.78. The molecule has 0 aliphatic carbocycles. The number of nitrogens with zero attached hydrogens (tertiary/aromatic N) is 1. The van der Waals surface area contributed by atoms with Gasteiger partial charge in [-0.3, -0.25) is 4.79 Å². The second kappa shape index (κ2) is 6.69. The van der Waals surface area contributed by atoms with Crippen molar-refractivity contribution in [1.29, 1.82) is 0 Å². The Hall–Kier alpha value is -0.230. The molecule has 1 aliphatic rings. The molecule has 0 saturated carbocycles. The van der Waals surface area contributed by atoms with E-state index >= 15 is 0 Å². The Labute approximate surface area is 136 Å². The number of piperidine rings is 1. The first kappa shape index (κ1) is 16.1. The monoisotopic (exact) mass is 429 g/mol. The van der Waals surface area contributed by atoms with Gasteiger partial charge >= 0.3 is 0 Å². The zero-order valence-electron chi connectivity index (χ0n) is 10.7. The van der Waals surface area contributed by atoms with Crippen molar-refractivity contribution >= 4 is 50.0 Å². The quantitative estimate of drug-likeness (QED) is 0.700. The average Bonchev–Trinajstić information content (AvgIpc) is 2.82. The molecule has 1 aromatic rings. The third-order valence-corrected chi connectivity index (χ3v) is 5.55. The normalized spacial score (nSPS) is 20.1. The van der Waals surface area contributed by atoms with Crippen LogP contribution in [0.1, 0.15) is 23.2 Å². The molecule has 0 radical (unpaired) electrons. The first-order valence-electron chi connectivity index (χ1n) is 6.16. The molecule has 1 aromatic heterocycles. The lowest BCUT2D eigenvalue weighted by molar-refractivity contribution is 0.0677. The maximum Gasteiger partial charge on any atom is 0.274 e. The van der Waals surface area contributed by atoms with Crippen LogP contribution in [-0.2, 0) is 10.2 Å². The Morgan fingerprint density at radius 1 is 1.60 bits per heavy atom. The number of carbonyl (C=O) groups excluding carboxylic acids is 1. The molecule has 1 fully saturated rings. The van der Waals surface area contributed by atoms with E-state index in [-0.39, 0.29) is 18.4 Å². The van der Waals surface area contributed by atoms with Gasteiger partial charge in [0.25, 0.3) is 16.1 Å². The fourth-order valence-corrected chi connectivity index (χ4v) is 4.04. The molecule has 1 amide bonds. The number of thiophene rings is 1. The lowest BCUT2D eigenvalue weighted by atomic mass is 9.98. The highest BCUT2D eigenvalue weighted by atomic mass is 127. The van der Waals surface area contributed by atoms with Gasteiger partial charge in [0.15, 0.2) is 0 Å². The summed E-state index contributed by atoms with van der Waals surface area (Å²) in [6.45, 7) is 1.56. The van der Waals surface area contributed by atoms with Gasteiger partial charge in [-0.1, -0.05) is 0 Å². The highest BCUT2D eigenvalue weighted by Gasteiger charge is 2.25. The van der Waals surface area contributed by atoms with Crippen LogP contribution >= 0.6 is 33.9 Å². The Kier molecular flexibility index (Phi) is 5.40. The minimum atomic E-state index is -3.66. The third kappa shape index (κ3) is 4.65. The summed E-state index contributed by atoms with van der Waals surface area (Å²) in [7, 11) is -3.66. The molecule has 1 unspecified atom stereocenters. The van der Waals surface area contributed by atoms with Crippen LogP contribution in [0.25, 0.3) is 0 Å². The van der Waals surface area contributed by atoms with E-state index in [0.717, 1.165) is 22.3 Å². The number of nitrogens with two attached hydrogens (primary N) is 1. The fourth-order valence-electron chi connectivity index (χ4n) is 2.25. The van der Waals surface area contributed by atoms with Crippen molar-refractivity contribution in [3.05, 3.63) is 19.9 Å². The molecule has 6 nitrogen and oxygen atoms in total. The molecule has 3 N–H and O–H groups in total. The molecular weight excluding hydrogens is 413 g/mol. The Bertz CT molecular complexity index is 587. The maximum atomic E-state index is 12.3. The largest absolute Gasteiger partial charge is 0.338 e. The predicted octanol–water partition coefficient (Wildman–Crippen LogP) is 0.998. The molecule has 0 spiro atoms. The van der Waals surface area contributed by atoms with Gasteiger partial charge in [-0.15, -0.1) is 11.3 Å². The number of hydrogen-bond acceptors (Lipinski definition) is 4. The van der Waals surface area contributed by atoms with Crippen LogP contribution < -0.4 is 9.86 Å². The smallest absolute Gasteiger partial charge is 0.274 e. The Morgan fingerprint density at radius 3 is 2.95 bits per heavy atom. The van der Waals surface area contributed by atoms with E-state index in [9.17, 15) is 13.2 Å². The molecule has 1 saturated heterocycles. The highest BCUT2D eigenvalue weighted by Crippen LogP contribution is 2.22. The van der Waals surface area contributed by atoms with Crippen LogP contribution in [0, 0.1) is 8.80 Å². The summed E-state index contributed by atoms with van der Waals surface area (Å²) >= 11 is 3.73. The van der Waals surface area contributed by atoms with Crippen LogP contribution in [0.3, 0.4) is 0 Å². The van der Waals surface area contributed by atoms with Crippen LogP contribution in [-0.4, -0.2) is 38.9 Å². The zero-order valence-corrected chi connectivity index (χ0v) is 14.5. The third-order valence-electron chi connectivity index (χ3n) is 3.19. The molecular formula is C11H16IN3O3S2. The van der Waals surface area contributed by atoms with E-state index in [2.05, 4.69) is 27.3 Å². The van der Waals surface area contributed by atoms with Gasteiger partial charge in [-0.2, -0.15) is 8.42 Å². The minimum absolute atomic E-state index is 0.0180. The number of carbonyl (C=O) groups is 1. The molecule has 9 heteroatoms. The fraction of sp³-hybridized carbons (Fsp3) is 0.545. The van der Waals surface area contributed by atoms with E-state index in [4.69, 9.17) is 5.14 Å². The molecule has 0 aromatic carbocycles. The van der Waals surface area contributed by atoms with Crippen molar-refractivity contribution in [3.63, 3.8) is 0 Å². The van der Waals surface area contributed by atoms with Crippen molar-refractivity contribution in [2.24, 2.45) is 11.1 Å². The van der Waals surface area contributed by atoms with Crippen molar-refractivity contribution in [1.82, 2.24) is 9.62 Å². The van der Waals surface area contributed by atoms with E-state index in [1.807, 2.05) is 11.4 Å².